The minimum absolute atomic E-state index is 0.235. The molecule has 0 aliphatic rings. The van der Waals surface area contributed by atoms with Gasteiger partial charge < -0.3 is 4.90 Å². The lowest BCUT2D eigenvalue weighted by Crippen LogP contribution is -2.07. The first kappa shape index (κ1) is 12.6. The molecular formula is C14H13ClN2O. The molecule has 0 amide bonds. The van der Waals surface area contributed by atoms with Crippen molar-refractivity contribution in [2.24, 2.45) is 0 Å². The molecule has 0 aliphatic heterocycles. The fraction of sp³-hybridized carbons (Fsp3) is 0.143. The van der Waals surface area contributed by atoms with E-state index in [1.807, 2.05) is 43.3 Å². The van der Waals surface area contributed by atoms with Gasteiger partial charge in [0, 0.05) is 26.0 Å². The van der Waals surface area contributed by atoms with Gasteiger partial charge in [-0.2, -0.15) is 0 Å². The number of nitrogens with zero attached hydrogens (tertiary/aromatic N) is 2. The topological polar surface area (TPSA) is 33.2 Å². The number of carbonyl (C=O) groups excluding carboxylic acids is 1. The van der Waals surface area contributed by atoms with Gasteiger partial charge in [-0.1, -0.05) is 23.7 Å². The highest BCUT2D eigenvalue weighted by Crippen LogP contribution is 2.27. The molecule has 0 radical (unpaired) electrons. The van der Waals surface area contributed by atoms with Gasteiger partial charge in [-0.25, -0.2) is 4.98 Å². The number of halogens is 1. The third kappa shape index (κ3) is 2.36. The number of hydrogen-bond donors (Lipinski definition) is 0. The van der Waals surface area contributed by atoms with Crippen molar-refractivity contribution >= 4 is 23.6 Å². The van der Waals surface area contributed by atoms with E-state index in [9.17, 15) is 4.79 Å². The summed E-state index contributed by atoms with van der Waals surface area (Å²) in [5.74, 6) is 0. The van der Waals surface area contributed by atoms with E-state index < -0.39 is 0 Å². The van der Waals surface area contributed by atoms with Crippen LogP contribution in [0.25, 0.3) is 11.1 Å². The van der Waals surface area contributed by atoms with Crippen LogP contribution in [0.15, 0.2) is 36.5 Å². The van der Waals surface area contributed by atoms with E-state index >= 15 is 0 Å². The maximum absolute atomic E-state index is 11.1. The summed E-state index contributed by atoms with van der Waals surface area (Å²) >= 11 is 5.91. The summed E-state index contributed by atoms with van der Waals surface area (Å²) < 4.78 is 0. The van der Waals surface area contributed by atoms with Gasteiger partial charge in [0.05, 0.1) is 5.56 Å². The van der Waals surface area contributed by atoms with Crippen molar-refractivity contribution in [3.05, 3.63) is 47.2 Å². The molecule has 3 nitrogen and oxygen atoms in total. The van der Waals surface area contributed by atoms with Gasteiger partial charge in [-0.15, -0.1) is 0 Å². The largest absolute Gasteiger partial charge is 0.378 e. The van der Waals surface area contributed by atoms with Crippen molar-refractivity contribution in [1.29, 1.82) is 0 Å². The fourth-order valence-corrected chi connectivity index (χ4v) is 1.95. The van der Waals surface area contributed by atoms with Crippen LogP contribution in [0, 0.1) is 0 Å². The number of aromatic nitrogens is 1. The highest BCUT2D eigenvalue weighted by molar-refractivity contribution is 6.32. The van der Waals surface area contributed by atoms with Crippen LogP contribution in [0.2, 0.25) is 5.15 Å². The number of aldehydes is 1. The van der Waals surface area contributed by atoms with Crippen LogP contribution in [-0.2, 0) is 0 Å². The van der Waals surface area contributed by atoms with Gasteiger partial charge in [0.25, 0.3) is 0 Å². The molecule has 4 heteroatoms. The molecule has 92 valence electrons. The standard InChI is InChI=1S/C14H13ClN2O/c1-17(2)11-5-3-10(4-6-11)12-7-8-16-14(15)13(12)9-18/h3-9H,1-2H3. The highest BCUT2D eigenvalue weighted by Gasteiger charge is 2.09. The molecule has 0 saturated heterocycles. The van der Waals surface area contributed by atoms with E-state index in [-0.39, 0.29) is 5.15 Å². The summed E-state index contributed by atoms with van der Waals surface area (Å²) in [5, 5.41) is 0.235. The van der Waals surface area contributed by atoms with Crippen LogP contribution < -0.4 is 4.90 Å². The molecule has 0 N–H and O–H groups in total. The monoisotopic (exact) mass is 260 g/mol. The predicted molar refractivity (Wildman–Crippen MR) is 74.4 cm³/mol. The Morgan fingerprint density at radius 1 is 1.17 bits per heavy atom. The highest BCUT2D eigenvalue weighted by atomic mass is 35.5. The Labute approximate surface area is 111 Å². The summed E-state index contributed by atoms with van der Waals surface area (Å²) in [6, 6.07) is 9.72. The molecule has 0 saturated carbocycles. The van der Waals surface area contributed by atoms with Gasteiger partial charge in [-0.05, 0) is 29.3 Å². The van der Waals surface area contributed by atoms with Gasteiger partial charge in [0.15, 0.2) is 6.29 Å². The third-order valence-corrected chi connectivity index (χ3v) is 3.06. The van der Waals surface area contributed by atoms with Gasteiger partial charge >= 0.3 is 0 Å². The zero-order valence-corrected chi connectivity index (χ0v) is 11.0. The second kappa shape index (κ2) is 5.19. The Morgan fingerprint density at radius 3 is 2.39 bits per heavy atom. The van der Waals surface area contributed by atoms with Gasteiger partial charge in [0.2, 0.25) is 0 Å². The first-order valence-electron chi connectivity index (χ1n) is 5.51. The number of rotatable bonds is 3. The van der Waals surface area contributed by atoms with Gasteiger partial charge in [0.1, 0.15) is 5.15 Å². The summed E-state index contributed by atoms with van der Waals surface area (Å²) in [6.45, 7) is 0. The minimum atomic E-state index is 0.235. The van der Waals surface area contributed by atoms with Crippen LogP contribution >= 0.6 is 11.6 Å². The Kier molecular flexibility index (Phi) is 3.63. The first-order chi connectivity index (χ1) is 8.63. The van der Waals surface area contributed by atoms with Crippen molar-refractivity contribution < 1.29 is 4.79 Å². The van der Waals surface area contributed by atoms with Crippen molar-refractivity contribution in [2.75, 3.05) is 19.0 Å². The zero-order valence-electron chi connectivity index (χ0n) is 10.2. The SMILES string of the molecule is CN(C)c1ccc(-c2ccnc(Cl)c2C=O)cc1. The van der Waals surface area contributed by atoms with Crippen molar-refractivity contribution in [2.45, 2.75) is 0 Å². The van der Waals surface area contributed by atoms with E-state index in [1.165, 1.54) is 0 Å². The lowest BCUT2D eigenvalue weighted by Gasteiger charge is -2.13. The minimum Gasteiger partial charge on any atom is -0.378 e. The van der Waals surface area contributed by atoms with E-state index in [4.69, 9.17) is 11.6 Å². The van der Waals surface area contributed by atoms with Crippen LogP contribution in [0.5, 0.6) is 0 Å². The second-order valence-electron chi connectivity index (χ2n) is 4.12. The smallest absolute Gasteiger partial charge is 0.153 e. The van der Waals surface area contributed by atoms with Crippen LogP contribution in [0.1, 0.15) is 10.4 Å². The van der Waals surface area contributed by atoms with Crippen LogP contribution in [0.3, 0.4) is 0 Å². The Morgan fingerprint density at radius 2 is 1.83 bits per heavy atom. The molecule has 0 bridgehead atoms. The molecular weight excluding hydrogens is 248 g/mol. The third-order valence-electron chi connectivity index (χ3n) is 2.75. The molecule has 2 rings (SSSR count). The quantitative estimate of drug-likeness (QED) is 0.627. The van der Waals surface area contributed by atoms with Crippen molar-refractivity contribution in [3.8, 4) is 11.1 Å². The van der Waals surface area contributed by atoms with Crippen LogP contribution in [0.4, 0.5) is 5.69 Å². The van der Waals surface area contributed by atoms with Crippen molar-refractivity contribution in [1.82, 2.24) is 4.98 Å². The molecule has 1 aromatic heterocycles. The fourth-order valence-electron chi connectivity index (χ4n) is 1.75. The summed E-state index contributed by atoms with van der Waals surface area (Å²) in [4.78, 5) is 17.0. The average molecular weight is 261 g/mol. The lowest BCUT2D eigenvalue weighted by molar-refractivity contribution is 0.112. The van der Waals surface area contributed by atoms with Crippen LogP contribution in [-0.4, -0.2) is 25.4 Å². The number of pyridine rings is 1. The molecule has 1 heterocycles. The summed E-state index contributed by atoms with van der Waals surface area (Å²) in [5.41, 5.74) is 3.28. The molecule has 0 atom stereocenters. The molecule has 18 heavy (non-hydrogen) atoms. The Bertz CT molecular complexity index is 565. The number of hydrogen-bond acceptors (Lipinski definition) is 3. The number of benzene rings is 1. The number of carbonyl (C=O) groups is 1. The van der Waals surface area contributed by atoms with E-state index in [0.717, 1.165) is 23.1 Å². The molecule has 0 unspecified atom stereocenters. The van der Waals surface area contributed by atoms with E-state index in [1.54, 1.807) is 12.3 Å². The Hall–Kier alpha value is -1.87. The molecule has 0 aliphatic carbocycles. The zero-order chi connectivity index (χ0) is 13.1. The molecule has 1 aromatic carbocycles. The maximum Gasteiger partial charge on any atom is 0.153 e. The molecule has 0 fully saturated rings. The predicted octanol–water partition coefficient (Wildman–Crippen LogP) is 3.28. The first-order valence-corrected chi connectivity index (χ1v) is 5.88. The Balaban J connectivity index is 2.49. The van der Waals surface area contributed by atoms with E-state index in [2.05, 4.69) is 4.98 Å². The number of anilines is 1. The second-order valence-corrected chi connectivity index (χ2v) is 4.48. The van der Waals surface area contributed by atoms with Gasteiger partial charge in [-0.3, -0.25) is 4.79 Å². The maximum atomic E-state index is 11.1. The lowest BCUT2D eigenvalue weighted by atomic mass is 10.0. The van der Waals surface area contributed by atoms with Crippen molar-refractivity contribution in [3.63, 3.8) is 0 Å². The summed E-state index contributed by atoms with van der Waals surface area (Å²) in [7, 11) is 3.96. The normalized spacial score (nSPS) is 10.2. The average Bonchev–Trinajstić information content (AvgIpc) is 2.38. The summed E-state index contributed by atoms with van der Waals surface area (Å²) in [6.07, 6.45) is 2.34. The molecule has 2 aromatic rings. The molecule has 0 spiro atoms. The van der Waals surface area contributed by atoms with E-state index in [0.29, 0.717) is 5.56 Å².